The van der Waals surface area contributed by atoms with Gasteiger partial charge in [0.2, 0.25) is 5.95 Å². The number of nitrogens with one attached hydrogen (secondary N) is 1. The molecule has 2 aliphatic heterocycles. The second kappa shape index (κ2) is 10.2. The molecule has 2 saturated heterocycles. The van der Waals surface area contributed by atoms with Crippen LogP contribution in [0.1, 0.15) is 16.1 Å². The van der Waals surface area contributed by atoms with Crippen LogP contribution in [0, 0.1) is 0 Å². The van der Waals surface area contributed by atoms with Gasteiger partial charge in [-0.25, -0.2) is 9.67 Å². The Balaban J connectivity index is 1.20. The maximum absolute atomic E-state index is 12.9. The van der Waals surface area contributed by atoms with E-state index in [1.165, 1.54) is 5.69 Å². The number of anilines is 3. The Labute approximate surface area is 214 Å². The van der Waals surface area contributed by atoms with Crippen molar-refractivity contribution >= 4 is 34.3 Å². The van der Waals surface area contributed by atoms with Crippen LogP contribution in [-0.2, 0) is 23.1 Å². The lowest BCUT2D eigenvalue weighted by atomic mass is 10.2. The number of carbonyl (C=O) groups is 1. The Morgan fingerprint density at radius 2 is 1.81 bits per heavy atom. The highest BCUT2D eigenvalue weighted by molar-refractivity contribution is 5.94. The number of fused-ring (bicyclic) bond motifs is 1. The average molecular weight is 503 g/mol. The SMILES string of the molecule is Cn1cc(Nc2ncc3cnn(Cc4cccc(N5CCOCC5)c4)c3n2)cc1C(=O)N1CCOCC1. The van der Waals surface area contributed by atoms with E-state index in [4.69, 9.17) is 14.5 Å². The molecule has 6 rings (SSSR count). The van der Waals surface area contributed by atoms with E-state index in [0.717, 1.165) is 48.6 Å². The van der Waals surface area contributed by atoms with Gasteiger partial charge < -0.3 is 29.2 Å². The van der Waals surface area contributed by atoms with E-state index in [1.54, 1.807) is 12.4 Å². The molecule has 0 bridgehead atoms. The first-order valence-electron chi connectivity index (χ1n) is 12.5. The third kappa shape index (κ3) is 5.00. The fourth-order valence-corrected chi connectivity index (χ4v) is 4.79. The number of hydrogen-bond acceptors (Lipinski definition) is 8. The van der Waals surface area contributed by atoms with Crippen molar-refractivity contribution in [3.8, 4) is 0 Å². The maximum Gasteiger partial charge on any atom is 0.270 e. The first-order valence-corrected chi connectivity index (χ1v) is 12.5. The molecule has 1 aromatic carbocycles. The Kier molecular flexibility index (Phi) is 6.46. The predicted octanol–water partition coefficient (Wildman–Crippen LogP) is 2.27. The first kappa shape index (κ1) is 23.4. The van der Waals surface area contributed by atoms with Crippen LogP contribution in [0.5, 0.6) is 0 Å². The van der Waals surface area contributed by atoms with Gasteiger partial charge in [0.15, 0.2) is 5.65 Å². The molecule has 0 saturated carbocycles. The van der Waals surface area contributed by atoms with E-state index in [2.05, 4.69) is 44.6 Å². The summed E-state index contributed by atoms with van der Waals surface area (Å²) in [5.41, 5.74) is 4.45. The predicted molar refractivity (Wildman–Crippen MR) is 139 cm³/mol. The normalized spacial score (nSPS) is 16.4. The molecule has 5 heterocycles. The minimum atomic E-state index is -0.00685. The van der Waals surface area contributed by atoms with Gasteiger partial charge in [-0.1, -0.05) is 12.1 Å². The molecule has 37 heavy (non-hydrogen) atoms. The van der Waals surface area contributed by atoms with Gasteiger partial charge in [0.25, 0.3) is 5.91 Å². The zero-order valence-corrected chi connectivity index (χ0v) is 20.8. The van der Waals surface area contributed by atoms with Gasteiger partial charge >= 0.3 is 0 Å². The molecular weight excluding hydrogens is 472 g/mol. The number of aromatic nitrogens is 5. The van der Waals surface area contributed by atoms with E-state index in [0.29, 0.717) is 44.5 Å². The summed E-state index contributed by atoms with van der Waals surface area (Å²) in [6, 6.07) is 10.4. The van der Waals surface area contributed by atoms with Crippen molar-refractivity contribution in [2.75, 3.05) is 62.8 Å². The molecule has 0 unspecified atom stereocenters. The molecule has 0 atom stereocenters. The van der Waals surface area contributed by atoms with Crippen molar-refractivity contribution < 1.29 is 14.3 Å². The van der Waals surface area contributed by atoms with Crippen LogP contribution >= 0.6 is 0 Å². The van der Waals surface area contributed by atoms with Crippen LogP contribution in [-0.4, -0.2) is 87.7 Å². The van der Waals surface area contributed by atoms with E-state index in [1.807, 2.05) is 33.5 Å². The van der Waals surface area contributed by atoms with Gasteiger partial charge in [-0.15, -0.1) is 0 Å². The van der Waals surface area contributed by atoms with Crippen molar-refractivity contribution in [1.82, 2.24) is 29.2 Å². The molecule has 0 aliphatic carbocycles. The standard InChI is InChI=1S/C26H30N8O3/c1-31-18-21(14-23(31)25(35)33-7-11-37-12-8-33)29-26-27-15-20-16-28-34(24(20)30-26)17-19-3-2-4-22(13-19)32-5-9-36-10-6-32/h2-4,13-16,18H,5-12,17H2,1H3,(H,27,29,30). The van der Waals surface area contributed by atoms with Crippen LogP contribution in [0.3, 0.4) is 0 Å². The largest absolute Gasteiger partial charge is 0.378 e. The van der Waals surface area contributed by atoms with Gasteiger partial charge in [0.05, 0.1) is 50.2 Å². The fourth-order valence-electron chi connectivity index (χ4n) is 4.79. The van der Waals surface area contributed by atoms with Crippen molar-refractivity contribution in [2.24, 2.45) is 7.05 Å². The van der Waals surface area contributed by atoms with Gasteiger partial charge in [0.1, 0.15) is 5.69 Å². The second-order valence-corrected chi connectivity index (χ2v) is 9.30. The summed E-state index contributed by atoms with van der Waals surface area (Å²) < 4.78 is 14.6. The van der Waals surface area contributed by atoms with Crippen LogP contribution in [0.15, 0.2) is 48.9 Å². The van der Waals surface area contributed by atoms with Crippen LogP contribution in [0.4, 0.5) is 17.3 Å². The lowest BCUT2D eigenvalue weighted by molar-refractivity contribution is 0.0296. The second-order valence-electron chi connectivity index (χ2n) is 9.30. The number of ether oxygens (including phenoxy) is 2. The third-order valence-electron chi connectivity index (χ3n) is 6.77. The number of amides is 1. The molecule has 2 aliphatic rings. The monoisotopic (exact) mass is 502 g/mol. The number of carbonyl (C=O) groups excluding carboxylic acids is 1. The Morgan fingerprint density at radius 3 is 2.62 bits per heavy atom. The lowest BCUT2D eigenvalue weighted by Gasteiger charge is -2.29. The Bertz CT molecular complexity index is 1400. The summed E-state index contributed by atoms with van der Waals surface area (Å²) in [4.78, 5) is 26.3. The van der Waals surface area contributed by atoms with E-state index >= 15 is 0 Å². The number of benzene rings is 1. The van der Waals surface area contributed by atoms with E-state index in [9.17, 15) is 4.79 Å². The topological polar surface area (TPSA) is 103 Å². The number of hydrogen-bond donors (Lipinski definition) is 1. The molecule has 1 N–H and O–H groups in total. The summed E-state index contributed by atoms with van der Waals surface area (Å²) in [7, 11) is 1.86. The fraction of sp³-hybridized carbons (Fsp3) is 0.385. The van der Waals surface area contributed by atoms with Gasteiger partial charge in [-0.05, 0) is 23.8 Å². The third-order valence-corrected chi connectivity index (χ3v) is 6.77. The van der Waals surface area contributed by atoms with Crippen LogP contribution < -0.4 is 10.2 Å². The van der Waals surface area contributed by atoms with Crippen molar-refractivity contribution in [3.05, 3.63) is 60.2 Å². The van der Waals surface area contributed by atoms with E-state index < -0.39 is 0 Å². The Hall–Kier alpha value is -3.96. The highest BCUT2D eigenvalue weighted by atomic mass is 16.5. The van der Waals surface area contributed by atoms with Gasteiger partial charge in [0, 0.05) is 51.3 Å². The van der Waals surface area contributed by atoms with Crippen LogP contribution in [0.2, 0.25) is 0 Å². The van der Waals surface area contributed by atoms with Crippen molar-refractivity contribution in [3.63, 3.8) is 0 Å². The Morgan fingerprint density at radius 1 is 1.03 bits per heavy atom. The molecule has 192 valence electrons. The number of aryl methyl sites for hydroxylation is 1. The average Bonchev–Trinajstić information content (AvgIpc) is 3.51. The summed E-state index contributed by atoms with van der Waals surface area (Å²) in [6.07, 6.45) is 5.42. The summed E-state index contributed by atoms with van der Waals surface area (Å²) in [6.45, 7) is 6.25. The van der Waals surface area contributed by atoms with Gasteiger partial charge in [-0.3, -0.25) is 4.79 Å². The number of morpholine rings is 2. The van der Waals surface area contributed by atoms with Crippen molar-refractivity contribution in [1.29, 1.82) is 0 Å². The van der Waals surface area contributed by atoms with Crippen LogP contribution in [0.25, 0.3) is 11.0 Å². The molecule has 3 aromatic heterocycles. The first-order chi connectivity index (χ1) is 18.1. The molecule has 4 aromatic rings. The summed E-state index contributed by atoms with van der Waals surface area (Å²) in [5.74, 6) is 0.444. The minimum absolute atomic E-state index is 0.00685. The summed E-state index contributed by atoms with van der Waals surface area (Å²) in [5, 5.41) is 8.68. The number of rotatable bonds is 6. The molecule has 2 fully saturated rings. The zero-order valence-electron chi connectivity index (χ0n) is 20.8. The van der Waals surface area contributed by atoms with Gasteiger partial charge in [-0.2, -0.15) is 10.1 Å². The molecule has 0 spiro atoms. The summed E-state index contributed by atoms with van der Waals surface area (Å²) >= 11 is 0. The molecule has 11 heteroatoms. The molecule has 0 radical (unpaired) electrons. The lowest BCUT2D eigenvalue weighted by Crippen LogP contribution is -2.41. The zero-order chi connectivity index (χ0) is 25.2. The molecular formula is C26H30N8O3. The minimum Gasteiger partial charge on any atom is -0.378 e. The quantitative estimate of drug-likeness (QED) is 0.428. The highest BCUT2D eigenvalue weighted by Gasteiger charge is 2.22. The number of nitrogens with zero attached hydrogens (tertiary/aromatic N) is 7. The maximum atomic E-state index is 12.9. The molecule has 1 amide bonds. The van der Waals surface area contributed by atoms with Crippen molar-refractivity contribution in [2.45, 2.75) is 6.54 Å². The molecule has 11 nitrogen and oxygen atoms in total. The smallest absolute Gasteiger partial charge is 0.270 e. The highest BCUT2D eigenvalue weighted by Crippen LogP contribution is 2.22. The van der Waals surface area contributed by atoms with E-state index in [-0.39, 0.29) is 5.91 Å².